The third-order valence-corrected chi connectivity index (χ3v) is 21.9. The largest absolute Gasteiger partial charge is 0.505 e. The molecule has 1 amide bonds. The van der Waals surface area contributed by atoms with Gasteiger partial charge < -0.3 is 36.4 Å². The van der Waals surface area contributed by atoms with E-state index in [2.05, 4.69) is 98.7 Å². The van der Waals surface area contributed by atoms with Crippen molar-refractivity contribution in [2.24, 2.45) is 20.5 Å². The second kappa shape index (κ2) is 32.0. The number of benzene rings is 7. The lowest BCUT2D eigenvalue weighted by molar-refractivity contribution is -0.432. The molecular formula is C53H47Cl2N15O28S8. The summed E-state index contributed by atoms with van der Waals surface area (Å²) in [5.74, 6) is -4.09. The molecular weight excluding hydrogens is 1620 g/mol. The Morgan fingerprint density at radius 2 is 1.26 bits per heavy atom. The molecule has 1 aliphatic rings. The SMILES string of the molecule is CC(CNc1nc(Cl)nc(Nc2cc(SOOO)cc3cc(S(=O)(=O)O)c(N=Nc4cccc(C(=O)N5CC5S(=O)(=O)C(C)OS(=O)(=O)O)c4)c(O)c23)n1)Nc1nc(Cl)nc(Nc2cc(S(=O)(=O)O)cc3cc(SOOO)c(N=Nc4ccc5cc(CCCOS(=O)(=O)O)ccc5c4S(=O)(=O)O)c(O)c23)n1. The van der Waals surface area contributed by atoms with E-state index in [0.29, 0.717) is 17.6 Å². The van der Waals surface area contributed by atoms with E-state index in [-0.39, 0.29) is 115 Å². The van der Waals surface area contributed by atoms with E-state index in [1.807, 2.05) is 0 Å². The van der Waals surface area contributed by atoms with Crippen LogP contribution in [0.3, 0.4) is 0 Å². The Labute approximate surface area is 614 Å². The number of aromatic hydroxyl groups is 2. The van der Waals surface area contributed by atoms with Gasteiger partial charge in [-0.05, 0) is 132 Å². The van der Waals surface area contributed by atoms with Crippen LogP contribution in [0.5, 0.6) is 11.5 Å². The molecule has 13 N–H and O–H groups in total. The molecule has 0 aliphatic carbocycles. The first kappa shape index (κ1) is 79.8. The number of aromatic nitrogens is 6. The molecule has 1 fully saturated rings. The van der Waals surface area contributed by atoms with Gasteiger partial charge in [0, 0.05) is 39.2 Å². The number of aryl methyl sites for hydroxylation is 1. The van der Waals surface area contributed by atoms with Gasteiger partial charge in [0.2, 0.25) is 44.2 Å². The van der Waals surface area contributed by atoms with Gasteiger partial charge in [-0.25, -0.2) is 27.3 Å². The van der Waals surface area contributed by atoms with Crippen molar-refractivity contribution < 1.29 is 126 Å². The lowest BCUT2D eigenvalue weighted by Crippen LogP contribution is -2.30. The minimum atomic E-state index is -5.30. The Balaban J connectivity index is 0.900. The number of azo groups is 2. The van der Waals surface area contributed by atoms with Crippen molar-refractivity contribution >= 4 is 204 Å². The third-order valence-electron chi connectivity index (χ3n) is 14.4. The molecule has 2 aromatic heterocycles. The third kappa shape index (κ3) is 19.7. The van der Waals surface area contributed by atoms with Crippen molar-refractivity contribution in [3.05, 3.63) is 113 Å². The van der Waals surface area contributed by atoms with E-state index in [1.165, 1.54) is 54.6 Å². The van der Waals surface area contributed by atoms with Crippen molar-refractivity contribution in [1.82, 2.24) is 34.8 Å². The molecule has 7 aromatic carbocycles. The fraction of sp³-hybridized carbons (Fsp3) is 0.189. The highest BCUT2D eigenvalue weighted by Crippen LogP contribution is 2.50. The van der Waals surface area contributed by atoms with E-state index in [1.54, 1.807) is 6.92 Å². The number of anilines is 6. The predicted molar refractivity (Wildman–Crippen MR) is 370 cm³/mol. The topological polar surface area (TPSA) is 637 Å². The van der Waals surface area contributed by atoms with Crippen LogP contribution in [0.4, 0.5) is 57.9 Å². The highest BCUT2D eigenvalue weighted by Gasteiger charge is 2.51. The number of sulfone groups is 1. The molecule has 3 atom stereocenters. The number of carbonyl (C=O) groups excluding carboxylic acids is 1. The van der Waals surface area contributed by atoms with Gasteiger partial charge in [-0.1, -0.05) is 40.4 Å². The average Bonchev–Trinajstić information content (AvgIpc) is 1.18. The number of nitrogens with one attached hydrogen (secondary N) is 4. The van der Waals surface area contributed by atoms with E-state index in [9.17, 15) is 79.2 Å². The quantitative estimate of drug-likeness (QED) is 0.00355. The first-order valence-electron chi connectivity index (χ1n) is 28.8. The standard InChI is InChI=1S/C53H47Cl2N15O28S8/c1-23(21-56-50-60-48(54)62-52(64-50)58-35-19-31(99-97-95-74)15-28-18-38(103(81,82)83)43(45(72)40(28)35)69-66-30-7-3-6-27(14-30)47(73)70-22-39(70)101(76,77)24(2)94-106(90,91)92)57-51-61-49(55)63-53(65-51)59-36-20-32(102(78,79)80)16-29-17-37(100-98-96-75)42(44(71)41(29)36)68-67-34-11-9-26-13-25(5-4-12-93-105(87,88)89)8-10-33(26)46(34)104(84,85)86/h3,6-11,13-20,23-24,39,71-72,74-75H,4-5,12,21-22H2,1-2H3,(H,78,79,80)(H,81,82,83)(H,84,85,86)(H,87,88,89)(H,90,91,92)(H2,56,58,60,62,64)(H2,57,59,61,63,65). The molecule has 1 aliphatic heterocycles. The summed E-state index contributed by atoms with van der Waals surface area (Å²) >= 11 is 13.3. The normalized spacial score (nSPS) is 14.5. The first-order chi connectivity index (χ1) is 49.7. The van der Waals surface area contributed by atoms with Crippen LogP contribution in [0.2, 0.25) is 10.6 Å². The Kier molecular flexibility index (Phi) is 24.1. The molecule has 0 saturated carbocycles. The Hall–Kier alpha value is -8.73. The van der Waals surface area contributed by atoms with Gasteiger partial charge in [-0.2, -0.15) is 77.1 Å². The highest BCUT2D eigenvalue weighted by atomic mass is 35.5. The summed E-state index contributed by atoms with van der Waals surface area (Å²) in [5, 5.41) is 73.5. The minimum Gasteiger partial charge on any atom is -0.505 e. The maximum absolute atomic E-state index is 13.4. The number of rotatable bonds is 32. The molecule has 53 heteroatoms. The maximum atomic E-state index is 13.4. The smallest absolute Gasteiger partial charge is 0.398 e. The molecule has 0 spiro atoms. The summed E-state index contributed by atoms with van der Waals surface area (Å²) in [6.45, 7) is 1.49. The molecule has 1 saturated heterocycles. The molecule has 10 rings (SSSR count). The predicted octanol–water partition coefficient (Wildman–Crippen LogP) is 9.18. The molecule has 0 radical (unpaired) electrons. The molecule has 3 unspecified atom stereocenters. The number of amides is 1. The van der Waals surface area contributed by atoms with Crippen molar-refractivity contribution in [2.45, 2.75) is 68.0 Å². The van der Waals surface area contributed by atoms with Gasteiger partial charge in [0.05, 0.1) is 64.1 Å². The fourth-order valence-corrected chi connectivity index (χ4v) is 16.0. The number of hydrogen-bond donors (Lipinski definition) is 13. The van der Waals surface area contributed by atoms with Crippen molar-refractivity contribution in [3.63, 3.8) is 0 Å². The molecule has 3 heterocycles. The number of phenolic OH excluding ortho intramolecular Hbond substituents is 2. The number of nitrogens with zero attached hydrogens (tertiary/aromatic N) is 11. The summed E-state index contributed by atoms with van der Waals surface area (Å²) in [6, 6.07) is 17.1. The van der Waals surface area contributed by atoms with Gasteiger partial charge in [0.1, 0.15) is 26.9 Å². The number of phenols is 2. The van der Waals surface area contributed by atoms with Gasteiger partial charge in [0.15, 0.2) is 22.3 Å². The molecule has 0 bridgehead atoms. The zero-order valence-corrected chi connectivity index (χ0v) is 60.7. The number of hydrogen-bond acceptors (Lipinski definition) is 39. The summed E-state index contributed by atoms with van der Waals surface area (Å²) in [5.41, 5.74) is -4.46. The van der Waals surface area contributed by atoms with Crippen LogP contribution >= 0.6 is 47.3 Å². The summed E-state index contributed by atoms with van der Waals surface area (Å²) in [6.07, 6.45) is 0.305. The van der Waals surface area contributed by atoms with Crippen molar-refractivity contribution in [1.29, 1.82) is 0 Å². The number of halogens is 2. The fourth-order valence-electron chi connectivity index (χ4n) is 10.0. The lowest BCUT2D eigenvalue weighted by atomic mass is 10.0. The molecule has 43 nitrogen and oxygen atoms in total. The molecule has 9 aromatic rings. The van der Waals surface area contributed by atoms with Crippen LogP contribution in [0.1, 0.15) is 36.2 Å². The van der Waals surface area contributed by atoms with Crippen molar-refractivity contribution in [3.8, 4) is 11.5 Å². The Bertz CT molecular complexity index is 5810. The minimum absolute atomic E-state index is 0.0152. The zero-order valence-electron chi connectivity index (χ0n) is 52.7. The van der Waals surface area contributed by atoms with Crippen LogP contribution < -0.4 is 21.3 Å². The van der Waals surface area contributed by atoms with E-state index >= 15 is 0 Å². The summed E-state index contributed by atoms with van der Waals surface area (Å²) in [7, 11) is -29.9. The van der Waals surface area contributed by atoms with Crippen LogP contribution in [-0.4, -0.2) is 171 Å². The molecule has 564 valence electrons. The Morgan fingerprint density at radius 3 is 1.91 bits per heavy atom. The highest BCUT2D eigenvalue weighted by molar-refractivity contribution is 7.95. The van der Waals surface area contributed by atoms with Gasteiger partial charge >= 0.3 is 20.8 Å². The van der Waals surface area contributed by atoms with E-state index in [0.717, 1.165) is 48.2 Å². The first-order valence-corrected chi connectivity index (χ1v) is 39.6. The second-order valence-electron chi connectivity index (χ2n) is 21.7. The van der Waals surface area contributed by atoms with Crippen LogP contribution in [0, 0.1) is 0 Å². The monoisotopic (exact) mass is 1670 g/mol. The van der Waals surface area contributed by atoms with Gasteiger partial charge in [-0.3, -0.25) is 27.6 Å². The van der Waals surface area contributed by atoms with Crippen LogP contribution in [0.25, 0.3) is 32.3 Å². The second-order valence-corrected chi connectivity index (χ2v) is 32.6. The van der Waals surface area contributed by atoms with Gasteiger partial charge in [0.25, 0.3) is 36.3 Å². The van der Waals surface area contributed by atoms with E-state index in [4.69, 9.17) is 42.8 Å². The average molecular weight is 1670 g/mol. The number of fused-ring (bicyclic) bond motifs is 3. The Morgan fingerprint density at radius 1 is 0.642 bits per heavy atom. The summed E-state index contributed by atoms with van der Waals surface area (Å²) in [4.78, 5) is 36.3. The molecule has 106 heavy (non-hydrogen) atoms. The lowest BCUT2D eigenvalue weighted by Gasteiger charge is -2.17. The zero-order chi connectivity index (χ0) is 77.2. The van der Waals surface area contributed by atoms with Crippen LogP contribution in [-0.2, 0) is 94.5 Å². The number of carbonyl (C=O) groups is 1. The van der Waals surface area contributed by atoms with Crippen molar-refractivity contribution in [2.75, 3.05) is 41.0 Å². The van der Waals surface area contributed by atoms with Crippen LogP contribution in [0.15, 0.2) is 136 Å². The van der Waals surface area contributed by atoms with E-state index < -0.39 is 156 Å². The maximum Gasteiger partial charge on any atom is 0.398 e. The summed E-state index contributed by atoms with van der Waals surface area (Å²) < 4.78 is 214. The van der Waals surface area contributed by atoms with Gasteiger partial charge in [-0.15, -0.1) is 24.0 Å².